The highest BCUT2D eigenvalue weighted by Gasteiger charge is 2.13. The third-order valence-electron chi connectivity index (χ3n) is 3.33. The quantitative estimate of drug-likeness (QED) is 0.900. The van der Waals surface area contributed by atoms with E-state index in [0.29, 0.717) is 5.56 Å². The van der Waals surface area contributed by atoms with Gasteiger partial charge in [0.15, 0.2) is 0 Å². The lowest BCUT2D eigenvalue weighted by atomic mass is 10.00. The molecule has 0 aliphatic heterocycles. The number of carbonyl (C=O) groups is 1. The van der Waals surface area contributed by atoms with Crippen LogP contribution in [0.15, 0.2) is 42.5 Å². The summed E-state index contributed by atoms with van der Waals surface area (Å²) in [6.45, 7) is 5.98. The molecule has 0 radical (unpaired) electrons. The smallest absolute Gasteiger partial charge is 0.251 e. The molecular formula is C17H18FNO. The maximum Gasteiger partial charge on any atom is 0.251 e. The number of nitrogens with one attached hydrogen (secondary N) is 1. The molecule has 0 saturated heterocycles. The maximum absolute atomic E-state index is 13.1. The van der Waals surface area contributed by atoms with E-state index in [1.54, 1.807) is 6.07 Å². The normalized spacial score (nSPS) is 12.0. The Kier molecular flexibility index (Phi) is 4.18. The van der Waals surface area contributed by atoms with Crippen molar-refractivity contribution in [2.75, 3.05) is 0 Å². The lowest BCUT2D eigenvalue weighted by Gasteiger charge is -2.17. The molecule has 3 heteroatoms. The zero-order valence-electron chi connectivity index (χ0n) is 11.9. The van der Waals surface area contributed by atoms with Crippen LogP contribution in [0.2, 0.25) is 0 Å². The summed E-state index contributed by atoms with van der Waals surface area (Å²) in [7, 11) is 0. The minimum atomic E-state index is -0.406. The Bertz CT molecular complexity index is 637. The predicted octanol–water partition coefficient (Wildman–Crippen LogP) is 3.93. The largest absolute Gasteiger partial charge is 0.346 e. The number of hydrogen-bond acceptors (Lipinski definition) is 1. The van der Waals surface area contributed by atoms with Crippen LogP contribution in [0.3, 0.4) is 0 Å². The van der Waals surface area contributed by atoms with Crippen LogP contribution in [-0.4, -0.2) is 5.91 Å². The molecule has 2 rings (SSSR count). The Hall–Kier alpha value is -2.16. The highest BCUT2D eigenvalue weighted by Crippen LogP contribution is 2.19. The highest BCUT2D eigenvalue weighted by atomic mass is 19.1. The SMILES string of the molecule is Cc1ccc(C(C)NC(=O)c2cccc(F)c2)c(C)c1. The van der Waals surface area contributed by atoms with Gasteiger partial charge in [0.25, 0.3) is 5.91 Å². The van der Waals surface area contributed by atoms with E-state index in [-0.39, 0.29) is 11.9 Å². The van der Waals surface area contributed by atoms with Gasteiger partial charge in [0.05, 0.1) is 6.04 Å². The number of amides is 1. The van der Waals surface area contributed by atoms with Crippen molar-refractivity contribution in [3.8, 4) is 0 Å². The van der Waals surface area contributed by atoms with Crippen LogP contribution in [0.1, 0.15) is 40.0 Å². The molecule has 0 aromatic heterocycles. The third kappa shape index (κ3) is 3.23. The summed E-state index contributed by atoms with van der Waals surface area (Å²) in [4.78, 5) is 12.1. The van der Waals surface area contributed by atoms with Crippen molar-refractivity contribution in [2.24, 2.45) is 0 Å². The van der Waals surface area contributed by atoms with Gasteiger partial charge in [-0.05, 0) is 50.1 Å². The molecule has 1 unspecified atom stereocenters. The van der Waals surface area contributed by atoms with Crippen LogP contribution in [0.5, 0.6) is 0 Å². The molecule has 104 valence electrons. The Morgan fingerprint density at radius 3 is 2.55 bits per heavy atom. The second-order valence-corrected chi connectivity index (χ2v) is 5.07. The number of rotatable bonds is 3. The molecule has 0 fully saturated rings. The molecule has 1 N–H and O–H groups in total. The Labute approximate surface area is 118 Å². The van der Waals surface area contributed by atoms with Crippen molar-refractivity contribution in [3.63, 3.8) is 0 Å². The minimum absolute atomic E-state index is 0.119. The lowest BCUT2D eigenvalue weighted by Crippen LogP contribution is -2.27. The number of aryl methyl sites for hydroxylation is 2. The molecule has 0 heterocycles. The summed E-state index contributed by atoms with van der Waals surface area (Å²) < 4.78 is 13.1. The van der Waals surface area contributed by atoms with E-state index in [4.69, 9.17) is 0 Å². The van der Waals surface area contributed by atoms with Crippen molar-refractivity contribution in [1.82, 2.24) is 5.32 Å². The Morgan fingerprint density at radius 1 is 1.15 bits per heavy atom. The molecule has 2 aromatic carbocycles. The van der Waals surface area contributed by atoms with E-state index in [9.17, 15) is 9.18 Å². The first-order valence-electron chi connectivity index (χ1n) is 6.61. The lowest BCUT2D eigenvalue weighted by molar-refractivity contribution is 0.0939. The van der Waals surface area contributed by atoms with Gasteiger partial charge in [-0.25, -0.2) is 4.39 Å². The summed E-state index contributed by atoms with van der Waals surface area (Å²) >= 11 is 0. The topological polar surface area (TPSA) is 29.1 Å². The van der Waals surface area contributed by atoms with E-state index in [0.717, 1.165) is 11.1 Å². The molecule has 1 amide bonds. The van der Waals surface area contributed by atoms with Crippen molar-refractivity contribution in [3.05, 3.63) is 70.5 Å². The molecule has 20 heavy (non-hydrogen) atoms. The minimum Gasteiger partial charge on any atom is -0.346 e. The summed E-state index contributed by atoms with van der Waals surface area (Å²) in [6, 6.07) is 11.7. The average molecular weight is 271 g/mol. The summed E-state index contributed by atoms with van der Waals surface area (Å²) in [6.07, 6.45) is 0. The van der Waals surface area contributed by atoms with E-state index in [1.165, 1.54) is 23.8 Å². The van der Waals surface area contributed by atoms with Gasteiger partial charge < -0.3 is 5.32 Å². The van der Waals surface area contributed by atoms with E-state index in [1.807, 2.05) is 32.9 Å². The molecule has 1 atom stereocenters. The van der Waals surface area contributed by atoms with Crippen molar-refractivity contribution in [2.45, 2.75) is 26.8 Å². The first-order valence-corrected chi connectivity index (χ1v) is 6.61. The van der Waals surface area contributed by atoms with Gasteiger partial charge in [-0.2, -0.15) is 0 Å². The van der Waals surface area contributed by atoms with Gasteiger partial charge in [0.1, 0.15) is 5.82 Å². The second-order valence-electron chi connectivity index (χ2n) is 5.07. The second kappa shape index (κ2) is 5.87. The van der Waals surface area contributed by atoms with Gasteiger partial charge >= 0.3 is 0 Å². The predicted molar refractivity (Wildman–Crippen MR) is 78.2 cm³/mol. The van der Waals surface area contributed by atoms with Crippen LogP contribution >= 0.6 is 0 Å². The third-order valence-corrected chi connectivity index (χ3v) is 3.33. The number of halogens is 1. The summed E-state index contributed by atoms with van der Waals surface area (Å²) in [5.74, 6) is -0.672. The van der Waals surface area contributed by atoms with E-state index >= 15 is 0 Å². The monoisotopic (exact) mass is 271 g/mol. The Balaban J connectivity index is 2.15. The van der Waals surface area contributed by atoms with Crippen molar-refractivity contribution >= 4 is 5.91 Å². The first-order chi connectivity index (χ1) is 9.47. The van der Waals surface area contributed by atoms with Gasteiger partial charge in [0, 0.05) is 5.56 Å². The van der Waals surface area contributed by atoms with Gasteiger partial charge in [-0.15, -0.1) is 0 Å². The molecule has 0 bridgehead atoms. The van der Waals surface area contributed by atoms with Gasteiger partial charge in [0.2, 0.25) is 0 Å². The average Bonchev–Trinajstić information content (AvgIpc) is 2.38. The number of carbonyl (C=O) groups excluding carboxylic acids is 1. The molecule has 0 aliphatic rings. The molecule has 0 spiro atoms. The molecule has 0 aliphatic carbocycles. The zero-order valence-corrected chi connectivity index (χ0v) is 11.9. The van der Waals surface area contributed by atoms with Crippen LogP contribution in [0, 0.1) is 19.7 Å². The maximum atomic E-state index is 13.1. The molecule has 2 nitrogen and oxygen atoms in total. The Morgan fingerprint density at radius 2 is 1.90 bits per heavy atom. The van der Waals surface area contributed by atoms with Crippen LogP contribution in [0.25, 0.3) is 0 Å². The zero-order chi connectivity index (χ0) is 14.7. The van der Waals surface area contributed by atoms with Crippen LogP contribution in [-0.2, 0) is 0 Å². The van der Waals surface area contributed by atoms with Gasteiger partial charge in [-0.1, -0.05) is 29.8 Å². The van der Waals surface area contributed by atoms with Crippen LogP contribution in [0.4, 0.5) is 4.39 Å². The fourth-order valence-corrected chi connectivity index (χ4v) is 2.30. The fraction of sp³-hybridized carbons (Fsp3) is 0.235. The number of hydrogen-bond donors (Lipinski definition) is 1. The highest BCUT2D eigenvalue weighted by molar-refractivity contribution is 5.94. The fourth-order valence-electron chi connectivity index (χ4n) is 2.30. The molecular weight excluding hydrogens is 253 g/mol. The standard InChI is InChI=1S/C17H18FNO/c1-11-7-8-16(12(2)9-11)13(3)19-17(20)14-5-4-6-15(18)10-14/h4-10,13H,1-3H3,(H,19,20). The van der Waals surface area contributed by atoms with E-state index < -0.39 is 5.82 Å². The van der Waals surface area contributed by atoms with Crippen molar-refractivity contribution < 1.29 is 9.18 Å². The van der Waals surface area contributed by atoms with Crippen molar-refractivity contribution in [1.29, 1.82) is 0 Å². The molecule has 2 aromatic rings. The van der Waals surface area contributed by atoms with E-state index in [2.05, 4.69) is 11.4 Å². The van der Waals surface area contributed by atoms with Gasteiger partial charge in [-0.3, -0.25) is 4.79 Å². The van der Waals surface area contributed by atoms with Crippen LogP contribution < -0.4 is 5.32 Å². The molecule has 0 saturated carbocycles. The summed E-state index contributed by atoms with van der Waals surface area (Å²) in [5.41, 5.74) is 3.73. The number of benzene rings is 2. The summed E-state index contributed by atoms with van der Waals surface area (Å²) in [5, 5.41) is 2.89. The first kappa shape index (κ1) is 14.3.